The van der Waals surface area contributed by atoms with Gasteiger partial charge in [0.15, 0.2) is 0 Å². The molecule has 1 fully saturated rings. The Balaban J connectivity index is 1.34. The number of pyridine rings is 2. The van der Waals surface area contributed by atoms with Crippen molar-refractivity contribution in [2.75, 3.05) is 11.9 Å². The van der Waals surface area contributed by atoms with Crippen molar-refractivity contribution in [2.24, 2.45) is 0 Å². The third-order valence-electron chi connectivity index (χ3n) is 6.49. The number of halogens is 1. The zero-order chi connectivity index (χ0) is 27.4. The lowest BCUT2D eigenvalue weighted by atomic mass is 10.1. The summed E-state index contributed by atoms with van der Waals surface area (Å²) in [5, 5.41) is 6.28. The number of nitrogens with zero attached hydrogens (tertiary/aromatic N) is 3. The van der Waals surface area contributed by atoms with Crippen molar-refractivity contribution in [3.8, 4) is 11.3 Å². The van der Waals surface area contributed by atoms with E-state index >= 15 is 0 Å². The van der Waals surface area contributed by atoms with Crippen LogP contribution in [0.5, 0.6) is 0 Å². The van der Waals surface area contributed by atoms with Crippen LogP contribution in [0.2, 0.25) is 4.34 Å². The SMILES string of the molecule is Cc1ccc(-c2cc(CNC(=O)[C@@H]3CCCN3S(=O)(=O)c3ccc(Cl)s3)cc(NCc3ccccn3)n2)cc1. The molecular weight excluding hydrogens is 554 g/mol. The van der Waals surface area contributed by atoms with Gasteiger partial charge in [0, 0.05) is 24.8 Å². The van der Waals surface area contributed by atoms with Gasteiger partial charge in [0.25, 0.3) is 10.0 Å². The monoisotopic (exact) mass is 581 g/mol. The fourth-order valence-electron chi connectivity index (χ4n) is 4.48. The number of carbonyl (C=O) groups excluding carboxylic acids is 1. The van der Waals surface area contributed by atoms with Crippen LogP contribution in [-0.2, 0) is 27.9 Å². The summed E-state index contributed by atoms with van der Waals surface area (Å²) in [5.41, 5.74) is 4.60. The lowest BCUT2D eigenvalue weighted by molar-refractivity contribution is -0.124. The van der Waals surface area contributed by atoms with Gasteiger partial charge in [-0.1, -0.05) is 47.5 Å². The molecule has 0 aliphatic carbocycles. The van der Waals surface area contributed by atoms with E-state index in [2.05, 4.69) is 15.6 Å². The molecule has 1 aliphatic heterocycles. The fraction of sp³-hybridized carbons (Fsp3) is 0.250. The number of carbonyl (C=O) groups is 1. The molecule has 0 unspecified atom stereocenters. The molecule has 4 heterocycles. The third-order valence-corrected chi connectivity index (χ3v) is 10.1. The molecule has 1 saturated heterocycles. The average molecular weight is 582 g/mol. The number of hydrogen-bond donors (Lipinski definition) is 2. The van der Waals surface area contributed by atoms with Gasteiger partial charge in [0.1, 0.15) is 16.1 Å². The lowest BCUT2D eigenvalue weighted by Gasteiger charge is -2.22. The minimum absolute atomic E-state index is 0.146. The van der Waals surface area contributed by atoms with Crippen LogP contribution in [0.15, 0.2) is 77.1 Å². The maximum absolute atomic E-state index is 13.2. The van der Waals surface area contributed by atoms with Crippen molar-refractivity contribution in [3.63, 3.8) is 0 Å². The predicted molar refractivity (Wildman–Crippen MR) is 154 cm³/mol. The first-order chi connectivity index (χ1) is 18.8. The Morgan fingerprint density at radius 1 is 1.10 bits per heavy atom. The van der Waals surface area contributed by atoms with Crippen LogP contribution in [0.25, 0.3) is 11.3 Å². The van der Waals surface area contributed by atoms with Gasteiger partial charge in [-0.2, -0.15) is 4.31 Å². The van der Waals surface area contributed by atoms with Crippen molar-refractivity contribution in [2.45, 2.75) is 43.1 Å². The van der Waals surface area contributed by atoms with Crippen LogP contribution in [0.3, 0.4) is 0 Å². The predicted octanol–water partition coefficient (Wildman–Crippen LogP) is 5.25. The molecule has 39 heavy (non-hydrogen) atoms. The highest BCUT2D eigenvalue weighted by molar-refractivity contribution is 7.91. The second-order valence-corrected chi connectivity index (χ2v) is 13.2. The van der Waals surface area contributed by atoms with Crippen molar-refractivity contribution < 1.29 is 13.2 Å². The average Bonchev–Trinajstić information content (AvgIpc) is 3.62. The molecular formula is C28H28ClN5O3S2. The van der Waals surface area contributed by atoms with E-state index < -0.39 is 16.1 Å². The van der Waals surface area contributed by atoms with Gasteiger partial charge in [0.2, 0.25) is 5.91 Å². The van der Waals surface area contributed by atoms with Crippen LogP contribution < -0.4 is 10.6 Å². The largest absolute Gasteiger partial charge is 0.364 e. The van der Waals surface area contributed by atoms with E-state index in [4.69, 9.17) is 16.6 Å². The maximum Gasteiger partial charge on any atom is 0.253 e. The summed E-state index contributed by atoms with van der Waals surface area (Å²) >= 11 is 6.96. The van der Waals surface area contributed by atoms with Crippen molar-refractivity contribution >= 4 is 44.7 Å². The van der Waals surface area contributed by atoms with Gasteiger partial charge < -0.3 is 10.6 Å². The Bertz CT molecular complexity index is 1560. The minimum atomic E-state index is -3.80. The van der Waals surface area contributed by atoms with Gasteiger partial charge in [-0.3, -0.25) is 9.78 Å². The number of aryl methyl sites for hydroxylation is 1. The van der Waals surface area contributed by atoms with Gasteiger partial charge in [0.05, 0.1) is 22.3 Å². The van der Waals surface area contributed by atoms with Crippen molar-refractivity contribution in [3.05, 3.63) is 94.1 Å². The number of hydrogen-bond acceptors (Lipinski definition) is 7. The van der Waals surface area contributed by atoms with Crippen LogP contribution >= 0.6 is 22.9 Å². The molecule has 4 aromatic rings. The molecule has 8 nitrogen and oxygen atoms in total. The number of benzene rings is 1. The first kappa shape index (κ1) is 27.3. The molecule has 1 aliphatic rings. The molecule has 1 amide bonds. The van der Waals surface area contributed by atoms with Crippen molar-refractivity contribution in [1.29, 1.82) is 0 Å². The summed E-state index contributed by atoms with van der Waals surface area (Å²) in [5.74, 6) is 0.332. The number of aromatic nitrogens is 2. The zero-order valence-corrected chi connectivity index (χ0v) is 23.7. The lowest BCUT2D eigenvalue weighted by Crippen LogP contribution is -2.45. The van der Waals surface area contributed by atoms with Gasteiger partial charge >= 0.3 is 0 Å². The number of amides is 1. The highest BCUT2D eigenvalue weighted by Crippen LogP contribution is 2.32. The molecule has 5 rings (SSSR count). The normalized spacial score (nSPS) is 15.8. The standard InChI is InChI=1S/C28H28ClN5O3S2/c1-19-7-9-21(10-8-19)23-15-20(16-26(33-23)31-18-22-5-2-3-13-30-22)17-32-28(35)24-6-4-14-34(24)39(36,37)27-12-11-25(29)38-27/h2-3,5,7-13,15-16,24H,4,6,14,17-18H2,1H3,(H,31,33)(H,32,35)/t24-/m0/s1. The van der Waals surface area contributed by atoms with E-state index in [1.165, 1.54) is 10.4 Å². The number of sulfonamides is 1. The molecule has 1 aromatic carbocycles. The highest BCUT2D eigenvalue weighted by Gasteiger charge is 2.40. The van der Waals surface area contributed by atoms with E-state index in [0.717, 1.165) is 39.4 Å². The summed E-state index contributed by atoms with van der Waals surface area (Å²) < 4.78 is 28.2. The molecule has 3 aromatic heterocycles. The number of anilines is 1. The first-order valence-electron chi connectivity index (χ1n) is 12.6. The molecule has 202 valence electrons. The van der Waals surface area contributed by atoms with Gasteiger partial charge in [-0.15, -0.1) is 11.3 Å². The van der Waals surface area contributed by atoms with Crippen LogP contribution in [0, 0.1) is 6.92 Å². The van der Waals surface area contributed by atoms with Crippen molar-refractivity contribution in [1.82, 2.24) is 19.6 Å². The molecule has 2 N–H and O–H groups in total. The second-order valence-electron chi connectivity index (χ2n) is 9.34. The molecule has 0 radical (unpaired) electrons. The smallest absolute Gasteiger partial charge is 0.253 e. The van der Waals surface area contributed by atoms with Crippen LogP contribution in [0.1, 0.15) is 29.7 Å². The summed E-state index contributed by atoms with van der Waals surface area (Å²) in [4.78, 5) is 22.4. The highest BCUT2D eigenvalue weighted by atomic mass is 35.5. The Hall–Kier alpha value is -3.31. The summed E-state index contributed by atoms with van der Waals surface area (Å²) in [6, 6.07) is 19.9. The number of nitrogens with one attached hydrogen (secondary N) is 2. The van der Waals surface area contributed by atoms with Gasteiger partial charge in [-0.25, -0.2) is 13.4 Å². The Kier molecular flexibility index (Phi) is 8.27. The summed E-state index contributed by atoms with van der Waals surface area (Å²) in [6.45, 7) is 3.05. The Labute approximate surface area is 237 Å². The first-order valence-corrected chi connectivity index (χ1v) is 15.2. The van der Waals surface area contributed by atoms with Crippen LogP contribution in [-0.4, -0.2) is 41.2 Å². The van der Waals surface area contributed by atoms with Crippen LogP contribution in [0.4, 0.5) is 5.82 Å². The van der Waals surface area contributed by atoms with E-state index in [1.807, 2.05) is 61.5 Å². The molecule has 1 atom stereocenters. The summed E-state index contributed by atoms with van der Waals surface area (Å²) in [6.07, 6.45) is 2.82. The van der Waals surface area contributed by atoms with E-state index in [-0.39, 0.29) is 16.7 Å². The number of thiophene rings is 1. The zero-order valence-electron chi connectivity index (χ0n) is 21.3. The fourth-order valence-corrected chi connectivity index (χ4v) is 7.75. The minimum Gasteiger partial charge on any atom is -0.364 e. The molecule has 11 heteroatoms. The molecule has 0 spiro atoms. The van der Waals surface area contributed by atoms with Gasteiger partial charge in [-0.05, 0) is 61.7 Å². The molecule has 0 bridgehead atoms. The third kappa shape index (κ3) is 6.47. The Morgan fingerprint density at radius 2 is 1.92 bits per heavy atom. The Morgan fingerprint density at radius 3 is 2.64 bits per heavy atom. The van der Waals surface area contributed by atoms with E-state index in [9.17, 15) is 13.2 Å². The topological polar surface area (TPSA) is 104 Å². The quantitative estimate of drug-likeness (QED) is 0.280. The second kappa shape index (κ2) is 11.8. The van der Waals surface area contributed by atoms with E-state index in [0.29, 0.717) is 36.1 Å². The number of rotatable bonds is 9. The summed E-state index contributed by atoms with van der Waals surface area (Å²) in [7, 11) is -3.80. The van der Waals surface area contributed by atoms with E-state index in [1.54, 1.807) is 12.3 Å². The molecule has 0 saturated carbocycles. The maximum atomic E-state index is 13.2.